The standard InChI is InChI=1S/C54H41NO/c1-53(2)43-27-10-8-21-41(43)49-45(53)29-15-31-47(49)55(48-32-16-30-46-50(48)42-22-9-11-28-44(42)54(46,3)4)36-20-12-19-35(33-36)38-24-14-26-40-39-25-13-23-37(51(39)56-52(38)40)34-17-6-5-7-18-34/h5-33H,1-4H3. The molecule has 1 aromatic heterocycles. The minimum absolute atomic E-state index is 0.127. The number of hydrogen-bond acceptors (Lipinski definition) is 2. The van der Waals surface area contributed by atoms with Crippen LogP contribution in [0.5, 0.6) is 0 Å². The summed E-state index contributed by atoms with van der Waals surface area (Å²) in [6.45, 7) is 9.45. The topological polar surface area (TPSA) is 16.4 Å². The van der Waals surface area contributed by atoms with Crippen LogP contribution in [0.3, 0.4) is 0 Å². The molecular weight excluding hydrogens is 679 g/mol. The number of rotatable bonds is 5. The Morgan fingerprint density at radius 2 is 0.804 bits per heavy atom. The Kier molecular flexibility index (Phi) is 6.98. The maximum absolute atomic E-state index is 6.92. The summed E-state index contributed by atoms with van der Waals surface area (Å²) in [4.78, 5) is 2.53. The average molecular weight is 720 g/mol. The average Bonchev–Trinajstić information content (AvgIpc) is 3.82. The molecule has 56 heavy (non-hydrogen) atoms. The molecule has 0 radical (unpaired) electrons. The maximum Gasteiger partial charge on any atom is 0.143 e. The molecule has 0 amide bonds. The second kappa shape index (κ2) is 11.9. The van der Waals surface area contributed by atoms with Crippen LogP contribution in [0.1, 0.15) is 49.9 Å². The Labute approximate surface area is 328 Å². The van der Waals surface area contributed by atoms with Gasteiger partial charge in [-0.3, -0.25) is 0 Å². The van der Waals surface area contributed by atoms with Gasteiger partial charge < -0.3 is 9.32 Å². The van der Waals surface area contributed by atoms with Crippen molar-refractivity contribution in [1.82, 2.24) is 0 Å². The van der Waals surface area contributed by atoms with E-state index in [2.05, 4.69) is 209 Å². The van der Waals surface area contributed by atoms with Crippen molar-refractivity contribution in [3.05, 3.63) is 198 Å². The second-order valence-corrected chi connectivity index (χ2v) is 16.5. The van der Waals surface area contributed by atoms with E-state index >= 15 is 0 Å². The first kappa shape index (κ1) is 32.8. The molecule has 0 spiro atoms. The summed E-state index contributed by atoms with van der Waals surface area (Å²) in [5.74, 6) is 0. The lowest BCUT2D eigenvalue weighted by Gasteiger charge is -2.31. The molecule has 0 aliphatic heterocycles. The first-order chi connectivity index (χ1) is 27.3. The number of nitrogens with zero attached hydrogens (tertiary/aromatic N) is 1. The Morgan fingerprint density at radius 1 is 0.375 bits per heavy atom. The molecule has 0 saturated heterocycles. The number of furan rings is 1. The Balaban J connectivity index is 1.17. The summed E-state index contributed by atoms with van der Waals surface area (Å²) in [7, 11) is 0. The lowest BCUT2D eigenvalue weighted by Crippen LogP contribution is -2.17. The highest BCUT2D eigenvalue weighted by molar-refractivity contribution is 6.13. The lowest BCUT2D eigenvalue weighted by atomic mass is 9.82. The van der Waals surface area contributed by atoms with Gasteiger partial charge in [0.1, 0.15) is 11.2 Å². The van der Waals surface area contributed by atoms with Gasteiger partial charge in [-0.1, -0.05) is 179 Å². The molecule has 0 fully saturated rings. The van der Waals surface area contributed by atoms with Gasteiger partial charge in [-0.05, 0) is 68.8 Å². The third-order valence-electron chi connectivity index (χ3n) is 12.7. The zero-order chi connectivity index (χ0) is 37.8. The highest BCUT2D eigenvalue weighted by atomic mass is 16.3. The van der Waals surface area contributed by atoms with Crippen LogP contribution in [0.25, 0.3) is 66.4 Å². The fraction of sp³-hybridized carbons (Fsp3) is 0.111. The smallest absolute Gasteiger partial charge is 0.143 e. The predicted octanol–water partition coefficient (Wildman–Crippen LogP) is 15.0. The van der Waals surface area contributed by atoms with E-state index in [1.807, 2.05) is 0 Å². The molecule has 2 heteroatoms. The molecule has 0 saturated carbocycles. The third-order valence-corrected chi connectivity index (χ3v) is 12.7. The zero-order valence-corrected chi connectivity index (χ0v) is 32.1. The minimum atomic E-state index is -0.127. The molecule has 1 heterocycles. The fourth-order valence-electron chi connectivity index (χ4n) is 9.96. The Morgan fingerprint density at radius 3 is 1.38 bits per heavy atom. The second-order valence-electron chi connectivity index (χ2n) is 16.5. The summed E-state index contributed by atoms with van der Waals surface area (Å²) in [6.07, 6.45) is 0. The molecule has 0 bridgehead atoms. The van der Waals surface area contributed by atoms with E-state index < -0.39 is 0 Å². The van der Waals surface area contributed by atoms with Gasteiger partial charge >= 0.3 is 0 Å². The van der Waals surface area contributed by atoms with Crippen molar-refractivity contribution in [1.29, 1.82) is 0 Å². The SMILES string of the molecule is CC1(C)c2ccccc2-c2c(N(c3cccc(-c4cccc5c4oc4c(-c6ccccc6)cccc45)c3)c3cccc4c3-c3ccccc3C4(C)C)cccc21. The Bertz CT molecular complexity index is 2930. The van der Waals surface area contributed by atoms with Gasteiger partial charge in [0, 0.05) is 49.5 Å². The van der Waals surface area contributed by atoms with Gasteiger partial charge in [-0.15, -0.1) is 0 Å². The predicted molar refractivity (Wildman–Crippen MR) is 234 cm³/mol. The number of fused-ring (bicyclic) bond motifs is 9. The molecule has 0 N–H and O–H groups in total. The third kappa shape index (κ3) is 4.56. The van der Waals surface area contributed by atoms with Crippen molar-refractivity contribution < 1.29 is 4.42 Å². The first-order valence-electron chi connectivity index (χ1n) is 19.7. The molecule has 8 aromatic carbocycles. The lowest BCUT2D eigenvalue weighted by molar-refractivity contribution is 0.660. The number of para-hydroxylation sites is 2. The van der Waals surface area contributed by atoms with E-state index in [0.717, 1.165) is 49.9 Å². The molecule has 2 aliphatic rings. The van der Waals surface area contributed by atoms with Crippen LogP contribution >= 0.6 is 0 Å². The Hall–Kier alpha value is -6.64. The van der Waals surface area contributed by atoms with Crippen molar-refractivity contribution in [3.8, 4) is 44.5 Å². The molecule has 9 aromatic rings. The zero-order valence-electron chi connectivity index (χ0n) is 32.1. The summed E-state index contributed by atoms with van der Waals surface area (Å²) < 4.78 is 6.92. The van der Waals surface area contributed by atoms with Crippen LogP contribution in [0.15, 0.2) is 180 Å². The quantitative estimate of drug-likeness (QED) is 0.176. The molecule has 2 nitrogen and oxygen atoms in total. The monoisotopic (exact) mass is 719 g/mol. The van der Waals surface area contributed by atoms with E-state index in [1.54, 1.807) is 0 Å². The van der Waals surface area contributed by atoms with Crippen LogP contribution < -0.4 is 4.90 Å². The highest BCUT2D eigenvalue weighted by Gasteiger charge is 2.40. The normalized spacial score (nSPS) is 14.4. The van der Waals surface area contributed by atoms with Crippen molar-refractivity contribution in [2.75, 3.05) is 4.90 Å². The van der Waals surface area contributed by atoms with Crippen LogP contribution in [-0.2, 0) is 10.8 Å². The van der Waals surface area contributed by atoms with Crippen LogP contribution in [0.4, 0.5) is 17.1 Å². The molecule has 0 atom stereocenters. The minimum Gasteiger partial charge on any atom is -0.455 e. The van der Waals surface area contributed by atoms with Crippen molar-refractivity contribution in [3.63, 3.8) is 0 Å². The van der Waals surface area contributed by atoms with E-state index in [9.17, 15) is 0 Å². The van der Waals surface area contributed by atoms with Crippen molar-refractivity contribution in [2.24, 2.45) is 0 Å². The molecule has 2 aliphatic carbocycles. The number of hydrogen-bond donors (Lipinski definition) is 0. The molecule has 0 unspecified atom stereocenters. The van der Waals surface area contributed by atoms with Gasteiger partial charge in [0.15, 0.2) is 0 Å². The van der Waals surface area contributed by atoms with Gasteiger partial charge in [0.25, 0.3) is 0 Å². The molecule has 11 rings (SSSR count). The van der Waals surface area contributed by atoms with Crippen molar-refractivity contribution >= 4 is 39.0 Å². The maximum atomic E-state index is 6.92. The van der Waals surface area contributed by atoms with E-state index in [1.165, 1.54) is 55.9 Å². The fourth-order valence-corrected chi connectivity index (χ4v) is 9.96. The van der Waals surface area contributed by atoms with Crippen molar-refractivity contribution in [2.45, 2.75) is 38.5 Å². The van der Waals surface area contributed by atoms with Crippen LogP contribution in [0.2, 0.25) is 0 Å². The molecule has 268 valence electrons. The van der Waals surface area contributed by atoms with E-state index in [-0.39, 0.29) is 10.8 Å². The largest absolute Gasteiger partial charge is 0.455 e. The first-order valence-corrected chi connectivity index (χ1v) is 19.7. The summed E-state index contributed by atoms with van der Waals surface area (Å²) >= 11 is 0. The highest BCUT2D eigenvalue weighted by Crippen LogP contribution is 2.58. The van der Waals surface area contributed by atoms with Crippen LogP contribution in [0, 0.1) is 0 Å². The summed E-state index contributed by atoms with van der Waals surface area (Å²) in [6, 6.07) is 64.4. The number of anilines is 3. The summed E-state index contributed by atoms with van der Waals surface area (Å²) in [5.41, 5.74) is 20.1. The van der Waals surface area contributed by atoms with Crippen LogP contribution in [-0.4, -0.2) is 0 Å². The molecular formula is C54H41NO. The van der Waals surface area contributed by atoms with Gasteiger partial charge in [0.2, 0.25) is 0 Å². The number of benzene rings is 8. The van der Waals surface area contributed by atoms with Gasteiger partial charge in [-0.25, -0.2) is 0 Å². The summed E-state index contributed by atoms with van der Waals surface area (Å²) in [5, 5.41) is 2.25. The van der Waals surface area contributed by atoms with Gasteiger partial charge in [0.05, 0.1) is 11.4 Å². The van der Waals surface area contributed by atoms with E-state index in [4.69, 9.17) is 4.42 Å². The van der Waals surface area contributed by atoms with E-state index in [0.29, 0.717) is 0 Å². The van der Waals surface area contributed by atoms with Gasteiger partial charge in [-0.2, -0.15) is 0 Å².